The summed E-state index contributed by atoms with van der Waals surface area (Å²) in [6.45, 7) is 6.71. The van der Waals surface area contributed by atoms with Gasteiger partial charge in [0.15, 0.2) is 5.96 Å². The molecule has 0 unspecified atom stereocenters. The quantitative estimate of drug-likeness (QED) is 0.301. The Morgan fingerprint density at radius 2 is 1.92 bits per heavy atom. The van der Waals surface area contributed by atoms with Crippen LogP contribution < -0.4 is 15.4 Å². The number of ether oxygens (including phenoxy) is 1. The lowest BCUT2D eigenvalue weighted by Gasteiger charge is -2.13. The molecule has 0 atom stereocenters. The molecule has 0 bridgehead atoms. The van der Waals surface area contributed by atoms with Gasteiger partial charge in [-0.1, -0.05) is 24.3 Å². The second-order valence-corrected chi connectivity index (χ2v) is 5.06. The Labute approximate surface area is 161 Å². The molecule has 0 aliphatic heterocycles. The van der Waals surface area contributed by atoms with Crippen LogP contribution in [0.4, 0.5) is 0 Å². The third-order valence-corrected chi connectivity index (χ3v) is 3.22. The van der Waals surface area contributed by atoms with Crippen LogP contribution in [0.3, 0.4) is 0 Å². The summed E-state index contributed by atoms with van der Waals surface area (Å²) in [7, 11) is 0. The van der Waals surface area contributed by atoms with Gasteiger partial charge in [0.1, 0.15) is 12.4 Å². The molecular weight excluding hydrogens is 415 g/mol. The number of guanidine groups is 1. The average Bonchev–Trinajstić information content (AvgIpc) is 2.59. The minimum atomic E-state index is 0. The van der Waals surface area contributed by atoms with Crippen LogP contribution in [0.25, 0.3) is 0 Å². The van der Waals surface area contributed by atoms with Crippen molar-refractivity contribution >= 4 is 29.9 Å². The summed E-state index contributed by atoms with van der Waals surface area (Å²) in [5, 5.41) is 6.49. The number of aliphatic imine (C=N–C) groups is 1. The van der Waals surface area contributed by atoms with Gasteiger partial charge >= 0.3 is 0 Å². The molecule has 0 amide bonds. The van der Waals surface area contributed by atoms with Crippen LogP contribution in [0, 0.1) is 6.92 Å². The number of benzene rings is 1. The first-order chi connectivity index (χ1) is 11.3. The van der Waals surface area contributed by atoms with E-state index in [4.69, 9.17) is 4.74 Å². The molecule has 0 saturated carbocycles. The molecule has 0 fully saturated rings. The number of nitrogens with one attached hydrogen (secondary N) is 2. The van der Waals surface area contributed by atoms with E-state index in [2.05, 4.69) is 20.6 Å². The van der Waals surface area contributed by atoms with E-state index in [1.54, 1.807) is 6.20 Å². The lowest BCUT2D eigenvalue weighted by atomic mass is 10.2. The third-order valence-electron chi connectivity index (χ3n) is 3.22. The van der Waals surface area contributed by atoms with E-state index in [9.17, 15) is 0 Å². The van der Waals surface area contributed by atoms with E-state index in [1.165, 1.54) is 0 Å². The van der Waals surface area contributed by atoms with Gasteiger partial charge < -0.3 is 15.4 Å². The Balaban J connectivity index is 0.00000288. The second kappa shape index (κ2) is 11.7. The SMILES string of the molecule is CCNC(=NCc1ccccn1)NCCOc1ccccc1C.I. The number of aryl methyl sites for hydroxylation is 1. The molecule has 0 radical (unpaired) electrons. The zero-order valence-corrected chi connectivity index (χ0v) is 16.5. The van der Waals surface area contributed by atoms with Gasteiger partial charge in [0, 0.05) is 12.7 Å². The first kappa shape index (κ1) is 20.2. The van der Waals surface area contributed by atoms with Crippen LogP contribution in [-0.4, -0.2) is 30.6 Å². The highest BCUT2D eigenvalue weighted by molar-refractivity contribution is 14.0. The summed E-state index contributed by atoms with van der Waals surface area (Å²) >= 11 is 0. The molecule has 24 heavy (non-hydrogen) atoms. The average molecular weight is 440 g/mol. The lowest BCUT2D eigenvalue weighted by Crippen LogP contribution is -2.39. The van der Waals surface area contributed by atoms with Crippen LogP contribution in [0.2, 0.25) is 0 Å². The molecular formula is C18H25IN4O. The molecule has 2 aromatic rings. The Morgan fingerprint density at radius 1 is 1.12 bits per heavy atom. The molecule has 0 aliphatic rings. The molecule has 0 saturated heterocycles. The van der Waals surface area contributed by atoms with Crippen LogP contribution in [-0.2, 0) is 6.54 Å². The largest absolute Gasteiger partial charge is 0.491 e. The fourth-order valence-corrected chi connectivity index (χ4v) is 2.04. The minimum Gasteiger partial charge on any atom is -0.491 e. The number of rotatable bonds is 7. The topological polar surface area (TPSA) is 58.5 Å². The Morgan fingerprint density at radius 3 is 2.62 bits per heavy atom. The summed E-state index contributed by atoms with van der Waals surface area (Å²) in [5.74, 6) is 1.69. The summed E-state index contributed by atoms with van der Waals surface area (Å²) < 4.78 is 5.77. The summed E-state index contributed by atoms with van der Waals surface area (Å²) in [5.41, 5.74) is 2.09. The predicted octanol–water partition coefficient (Wildman–Crippen LogP) is 3.14. The smallest absolute Gasteiger partial charge is 0.191 e. The maximum absolute atomic E-state index is 5.77. The van der Waals surface area contributed by atoms with Crippen molar-refractivity contribution in [1.82, 2.24) is 15.6 Å². The number of halogens is 1. The van der Waals surface area contributed by atoms with Crippen molar-refractivity contribution in [2.24, 2.45) is 4.99 Å². The predicted molar refractivity (Wildman–Crippen MR) is 109 cm³/mol. The normalized spacial score (nSPS) is 10.7. The van der Waals surface area contributed by atoms with Crippen LogP contribution in [0.5, 0.6) is 5.75 Å². The molecule has 1 aromatic carbocycles. The zero-order chi connectivity index (χ0) is 16.3. The molecule has 130 valence electrons. The van der Waals surface area contributed by atoms with Gasteiger partial charge in [0.25, 0.3) is 0 Å². The van der Waals surface area contributed by atoms with Crippen LogP contribution >= 0.6 is 24.0 Å². The van der Waals surface area contributed by atoms with Crippen molar-refractivity contribution in [3.8, 4) is 5.75 Å². The van der Waals surface area contributed by atoms with Gasteiger partial charge in [-0.3, -0.25) is 4.98 Å². The van der Waals surface area contributed by atoms with Gasteiger partial charge in [-0.25, -0.2) is 4.99 Å². The van der Waals surface area contributed by atoms with Crippen molar-refractivity contribution < 1.29 is 4.74 Å². The van der Waals surface area contributed by atoms with Crippen molar-refractivity contribution in [1.29, 1.82) is 0 Å². The van der Waals surface area contributed by atoms with E-state index >= 15 is 0 Å². The van der Waals surface area contributed by atoms with E-state index in [0.717, 1.165) is 29.5 Å². The molecule has 1 aromatic heterocycles. The highest BCUT2D eigenvalue weighted by Crippen LogP contribution is 2.15. The summed E-state index contributed by atoms with van der Waals surface area (Å²) in [6, 6.07) is 13.8. The number of para-hydroxylation sites is 1. The number of pyridine rings is 1. The van der Waals surface area contributed by atoms with Crippen molar-refractivity contribution in [3.05, 3.63) is 59.9 Å². The summed E-state index contributed by atoms with van der Waals surface area (Å²) in [6.07, 6.45) is 1.78. The molecule has 2 rings (SSSR count). The standard InChI is InChI=1S/C18H24N4O.HI/c1-3-19-18(22-14-16-9-6-7-11-20-16)21-12-13-23-17-10-5-4-8-15(17)2;/h4-11H,3,12-14H2,1-2H3,(H2,19,21,22);1H. The Bertz CT molecular complexity index is 619. The van der Waals surface area contributed by atoms with Crippen molar-refractivity contribution in [3.63, 3.8) is 0 Å². The van der Waals surface area contributed by atoms with E-state index in [0.29, 0.717) is 19.7 Å². The second-order valence-electron chi connectivity index (χ2n) is 5.06. The molecule has 5 nitrogen and oxygen atoms in total. The molecule has 1 heterocycles. The van der Waals surface area contributed by atoms with Gasteiger partial charge in [0.2, 0.25) is 0 Å². The number of aromatic nitrogens is 1. The number of nitrogens with zero attached hydrogens (tertiary/aromatic N) is 2. The van der Waals surface area contributed by atoms with Crippen molar-refractivity contribution in [2.45, 2.75) is 20.4 Å². The number of hydrogen-bond donors (Lipinski definition) is 2. The molecule has 2 N–H and O–H groups in total. The lowest BCUT2D eigenvalue weighted by molar-refractivity contribution is 0.320. The van der Waals surface area contributed by atoms with Crippen LogP contribution in [0.15, 0.2) is 53.7 Å². The molecule has 6 heteroatoms. The first-order valence-electron chi connectivity index (χ1n) is 7.90. The Kier molecular flexibility index (Phi) is 9.83. The van der Waals surface area contributed by atoms with Gasteiger partial charge in [-0.15, -0.1) is 24.0 Å². The van der Waals surface area contributed by atoms with Gasteiger partial charge in [-0.2, -0.15) is 0 Å². The fourth-order valence-electron chi connectivity index (χ4n) is 2.04. The van der Waals surface area contributed by atoms with Crippen LogP contribution in [0.1, 0.15) is 18.2 Å². The zero-order valence-electron chi connectivity index (χ0n) is 14.2. The minimum absolute atomic E-state index is 0. The fraction of sp³-hybridized carbons (Fsp3) is 0.333. The van der Waals surface area contributed by atoms with Gasteiger partial charge in [-0.05, 0) is 37.6 Å². The maximum Gasteiger partial charge on any atom is 0.191 e. The highest BCUT2D eigenvalue weighted by atomic mass is 127. The monoisotopic (exact) mass is 440 g/mol. The van der Waals surface area contributed by atoms with E-state index in [1.807, 2.05) is 56.3 Å². The van der Waals surface area contributed by atoms with Gasteiger partial charge in [0.05, 0.1) is 18.8 Å². The van der Waals surface area contributed by atoms with E-state index < -0.39 is 0 Å². The highest BCUT2D eigenvalue weighted by Gasteiger charge is 2.00. The van der Waals surface area contributed by atoms with E-state index in [-0.39, 0.29) is 24.0 Å². The number of hydrogen-bond acceptors (Lipinski definition) is 3. The Hall–Kier alpha value is -1.83. The maximum atomic E-state index is 5.77. The van der Waals surface area contributed by atoms with Crippen molar-refractivity contribution in [2.75, 3.05) is 19.7 Å². The molecule has 0 aliphatic carbocycles. The first-order valence-corrected chi connectivity index (χ1v) is 7.90. The third kappa shape index (κ3) is 7.16. The summed E-state index contributed by atoms with van der Waals surface area (Å²) in [4.78, 5) is 8.79. The molecule has 0 spiro atoms.